The lowest BCUT2D eigenvalue weighted by Gasteiger charge is -2.06. The van der Waals surface area contributed by atoms with Crippen LogP contribution in [0.2, 0.25) is 0 Å². The Kier molecular flexibility index (Phi) is 4.28. The van der Waals surface area contributed by atoms with Crippen LogP contribution >= 0.6 is 27.3 Å². The van der Waals surface area contributed by atoms with Crippen LogP contribution in [0.5, 0.6) is 0 Å². The van der Waals surface area contributed by atoms with Crippen molar-refractivity contribution in [2.75, 3.05) is 0 Å². The van der Waals surface area contributed by atoms with Crippen molar-refractivity contribution in [1.29, 1.82) is 0 Å². The summed E-state index contributed by atoms with van der Waals surface area (Å²) < 4.78 is 13.7. The smallest absolute Gasteiger partial charge is 0.267 e. The van der Waals surface area contributed by atoms with Crippen LogP contribution in [0.4, 0.5) is 4.39 Å². The number of hydrogen-bond donors (Lipinski definition) is 2. The van der Waals surface area contributed by atoms with Gasteiger partial charge in [0.1, 0.15) is 5.82 Å². The molecule has 0 bridgehead atoms. The number of carbonyl (C=O) groups is 2. The molecule has 2 aromatic rings. The molecule has 4 nitrogen and oxygen atoms in total. The topological polar surface area (TPSA) is 58.2 Å². The molecular weight excluding hydrogens is 335 g/mol. The summed E-state index contributed by atoms with van der Waals surface area (Å²) in [6.45, 7) is 0. The molecule has 2 N–H and O–H groups in total. The summed E-state index contributed by atoms with van der Waals surface area (Å²) >= 11 is 4.47. The van der Waals surface area contributed by atoms with E-state index in [2.05, 4.69) is 26.8 Å². The average molecular weight is 343 g/mol. The van der Waals surface area contributed by atoms with Gasteiger partial charge in [-0.2, -0.15) is 0 Å². The molecule has 0 unspecified atom stereocenters. The van der Waals surface area contributed by atoms with E-state index in [4.69, 9.17) is 0 Å². The molecule has 2 amide bonds. The number of hydrogen-bond acceptors (Lipinski definition) is 3. The predicted molar refractivity (Wildman–Crippen MR) is 73.4 cm³/mol. The number of nitrogens with one attached hydrogen (secondary N) is 2. The van der Waals surface area contributed by atoms with E-state index in [1.165, 1.54) is 29.5 Å². The molecule has 1 aromatic heterocycles. The fourth-order valence-corrected chi connectivity index (χ4v) is 2.59. The Morgan fingerprint density at radius 1 is 1.11 bits per heavy atom. The Morgan fingerprint density at radius 3 is 2.47 bits per heavy atom. The molecule has 1 heterocycles. The maximum absolute atomic E-state index is 12.9. The van der Waals surface area contributed by atoms with E-state index in [1.807, 2.05) is 0 Å². The molecular formula is C12H8BrFN2O2S. The van der Waals surface area contributed by atoms with E-state index in [9.17, 15) is 14.0 Å². The normalized spacial score (nSPS) is 10.0. The second-order valence-corrected chi connectivity index (χ2v) is 5.99. The molecule has 0 spiro atoms. The van der Waals surface area contributed by atoms with Crippen molar-refractivity contribution >= 4 is 39.1 Å². The van der Waals surface area contributed by atoms with Gasteiger partial charge in [0, 0.05) is 5.56 Å². The number of halogens is 2. The lowest BCUT2D eigenvalue weighted by atomic mass is 10.2. The second-order valence-electron chi connectivity index (χ2n) is 3.52. The van der Waals surface area contributed by atoms with E-state index < -0.39 is 17.6 Å². The van der Waals surface area contributed by atoms with Gasteiger partial charge < -0.3 is 0 Å². The predicted octanol–water partition coefficient (Wildman–Crippen LogP) is 2.72. The summed E-state index contributed by atoms with van der Waals surface area (Å²) in [6, 6.07) is 8.54. The zero-order valence-electron chi connectivity index (χ0n) is 9.44. The number of amides is 2. The fraction of sp³-hybridized carbons (Fsp3) is 0. The van der Waals surface area contributed by atoms with E-state index in [0.717, 1.165) is 9.85 Å². The van der Waals surface area contributed by atoms with Gasteiger partial charge in [0.15, 0.2) is 0 Å². The van der Waals surface area contributed by atoms with Crippen LogP contribution in [0.1, 0.15) is 20.0 Å². The maximum atomic E-state index is 12.9. The molecule has 0 saturated heterocycles. The molecule has 0 saturated carbocycles. The zero-order chi connectivity index (χ0) is 13.8. The Hall–Kier alpha value is -1.73. The molecule has 7 heteroatoms. The van der Waals surface area contributed by atoms with Crippen LogP contribution in [-0.4, -0.2) is 11.8 Å². The van der Waals surface area contributed by atoms with Gasteiger partial charge in [-0.3, -0.25) is 20.4 Å². The highest BCUT2D eigenvalue weighted by Crippen LogP contribution is 2.21. The van der Waals surface area contributed by atoms with Crippen molar-refractivity contribution in [3.63, 3.8) is 0 Å². The third-order valence-electron chi connectivity index (χ3n) is 2.17. The minimum atomic E-state index is -0.580. The Balaban J connectivity index is 1.95. The van der Waals surface area contributed by atoms with Gasteiger partial charge in [-0.25, -0.2) is 4.39 Å². The number of thiophene rings is 1. The zero-order valence-corrected chi connectivity index (χ0v) is 11.8. The van der Waals surface area contributed by atoms with Crippen molar-refractivity contribution in [3.05, 3.63) is 56.4 Å². The third-order valence-corrected chi connectivity index (χ3v) is 3.80. The first-order valence-electron chi connectivity index (χ1n) is 5.18. The van der Waals surface area contributed by atoms with Crippen molar-refractivity contribution in [3.8, 4) is 0 Å². The number of hydrazine groups is 1. The van der Waals surface area contributed by atoms with Gasteiger partial charge in [0.2, 0.25) is 0 Å². The molecule has 1 aromatic carbocycles. The van der Waals surface area contributed by atoms with Crippen molar-refractivity contribution < 1.29 is 14.0 Å². The molecule has 19 heavy (non-hydrogen) atoms. The first kappa shape index (κ1) is 13.7. The van der Waals surface area contributed by atoms with Crippen molar-refractivity contribution in [2.24, 2.45) is 0 Å². The summed E-state index contributed by atoms with van der Waals surface area (Å²) in [4.78, 5) is 23.7. The third kappa shape index (κ3) is 3.62. The Morgan fingerprint density at radius 2 is 1.84 bits per heavy atom. The summed E-state index contributed by atoms with van der Waals surface area (Å²) in [6.07, 6.45) is 0. The van der Waals surface area contributed by atoms with E-state index >= 15 is 0 Å². The van der Waals surface area contributed by atoms with Crippen molar-refractivity contribution in [1.82, 2.24) is 10.9 Å². The quantitative estimate of drug-likeness (QED) is 0.824. The van der Waals surface area contributed by atoms with Crippen LogP contribution in [0.3, 0.4) is 0 Å². The standard InChI is InChI=1S/C12H8BrFN2O2S/c13-10-5-4-9(19-10)12(18)16-15-11(17)7-2-1-3-8(14)6-7/h1-6H,(H,15,17)(H,16,18). The molecule has 98 valence electrons. The van der Waals surface area contributed by atoms with Gasteiger partial charge in [-0.1, -0.05) is 6.07 Å². The molecule has 2 rings (SSSR count). The van der Waals surface area contributed by atoms with E-state index in [-0.39, 0.29) is 5.56 Å². The molecule has 0 aliphatic carbocycles. The maximum Gasteiger partial charge on any atom is 0.279 e. The van der Waals surface area contributed by atoms with Gasteiger partial charge in [0.25, 0.3) is 11.8 Å². The summed E-state index contributed by atoms with van der Waals surface area (Å²) in [7, 11) is 0. The SMILES string of the molecule is O=C(NNC(=O)c1ccc(Br)s1)c1cccc(F)c1. The lowest BCUT2D eigenvalue weighted by molar-refractivity contribution is 0.0848. The first-order valence-corrected chi connectivity index (χ1v) is 6.79. The molecule has 0 fully saturated rings. The highest BCUT2D eigenvalue weighted by Gasteiger charge is 2.11. The van der Waals surface area contributed by atoms with E-state index in [1.54, 1.807) is 12.1 Å². The summed E-state index contributed by atoms with van der Waals surface area (Å²) in [5.41, 5.74) is 4.61. The molecule has 0 aliphatic heterocycles. The van der Waals surface area contributed by atoms with Crippen LogP contribution in [0.25, 0.3) is 0 Å². The number of rotatable bonds is 2. The summed E-state index contributed by atoms with van der Waals surface area (Å²) in [5.74, 6) is -1.52. The van der Waals surface area contributed by atoms with Gasteiger partial charge in [-0.15, -0.1) is 11.3 Å². The molecule has 0 atom stereocenters. The van der Waals surface area contributed by atoms with Crippen LogP contribution in [0.15, 0.2) is 40.2 Å². The van der Waals surface area contributed by atoms with E-state index in [0.29, 0.717) is 4.88 Å². The minimum Gasteiger partial charge on any atom is -0.267 e. The van der Waals surface area contributed by atoms with Gasteiger partial charge >= 0.3 is 0 Å². The van der Waals surface area contributed by atoms with Crippen LogP contribution < -0.4 is 10.9 Å². The largest absolute Gasteiger partial charge is 0.279 e. The fourth-order valence-electron chi connectivity index (χ4n) is 1.31. The minimum absolute atomic E-state index is 0.132. The van der Waals surface area contributed by atoms with Gasteiger partial charge in [-0.05, 0) is 46.3 Å². The van der Waals surface area contributed by atoms with Crippen LogP contribution in [-0.2, 0) is 0 Å². The monoisotopic (exact) mass is 342 g/mol. The highest BCUT2D eigenvalue weighted by molar-refractivity contribution is 9.11. The second kappa shape index (κ2) is 5.94. The Bertz CT molecular complexity index is 630. The van der Waals surface area contributed by atoms with Crippen molar-refractivity contribution in [2.45, 2.75) is 0 Å². The van der Waals surface area contributed by atoms with Crippen LogP contribution in [0, 0.1) is 5.82 Å². The Labute approximate surface area is 120 Å². The molecule has 0 radical (unpaired) electrons. The van der Waals surface area contributed by atoms with Gasteiger partial charge in [0.05, 0.1) is 8.66 Å². The number of carbonyl (C=O) groups excluding carboxylic acids is 2. The first-order chi connectivity index (χ1) is 9.06. The average Bonchev–Trinajstić information content (AvgIpc) is 2.82. The number of benzene rings is 1. The lowest BCUT2D eigenvalue weighted by Crippen LogP contribution is -2.41. The molecule has 0 aliphatic rings. The highest BCUT2D eigenvalue weighted by atomic mass is 79.9. The summed E-state index contributed by atoms with van der Waals surface area (Å²) in [5, 5.41) is 0.